The zero-order valence-electron chi connectivity index (χ0n) is 41.5. The average Bonchev–Trinajstić information content (AvgIpc) is 3.36. The van der Waals surface area contributed by atoms with E-state index in [1.807, 2.05) is 196 Å². The normalized spacial score (nSPS) is 9.00. The third-order valence-electron chi connectivity index (χ3n) is 7.65. The molecular weight excluding hydrogens is 801 g/mol. The van der Waals surface area contributed by atoms with Crippen LogP contribution in [0, 0.1) is 27.7 Å². The highest BCUT2D eigenvalue weighted by Gasteiger charge is 2.10. The van der Waals surface area contributed by atoms with E-state index in [4.69, 9.17) is 29.0 Å². The topological polar surface area (TPSA) is 89.5 Å². The van der Waals surface area contributed by atoms with Gasteiger partial charge in [0.15, 0.2) is 11.5 Å². The second-order valence-corrected chi connectivity index (χ2v) is 12.1. The van der Waals surface area contributed by atoms with Crippen LogP contribution in [0.3, 0.4) is 0 Å². The van der Waals surface area contributed by atoms with E-state index in [1.54, 1.807) is 60.7 Å². The second kappa shape index (κ2) is 38.5. The molecule has 8 nitrogen and oxygen atoms in total. The third-order valence-corrected chi connectivity index (χ3v) is 7.65. The molecule has 64 heavy (non-hydrogen) atoms. The summed E-state index contributed by atoms with van der Waals surface area (Å²) in [7, 11) is 0. The van der Waals surface area contributed by atoms with Crippen molar-refractivity contribution in [2.45, 2.75) is 124 Å². The Kier molecular flexibility index (Phi) is 36.0. The van der Waals surface area contributed by atoms with E-state index in [1.165, 1.54) is 5.56 Å². The molecule has 8 heteroatoms. The predicted molar refractivity (Wildman–Crippen MR) is 266 cm³/mol. The van der Waals surface area contributed by atoms with Crippen molar-refractivity contribution in [1.29, 1.82) is 0 Å². The molecule has 6 aromatic rings. The maximum absolute atomic E-state index is 12.2. The Morgan fingerprint density at radius 1 is 0.312 bits per heavy atom. The fourth-order valence-electron chi connectivity index (χ4n) is 4.54. The second-order valence-electron chi connectivity index (χ2n) is 12.1. The van der Waals surface area contributed by atoms with Crippen molar-refractivity contribution in [1.82, 2.24) is 0 Å². The number of carbonyl (C=O) groups excluding carboxylic acids is 2. The van der Waals surface area contributed by atoms with Crippen molar-refractivity contribution < 1.29 is 38.6 Å². The summed E-state index contributed by atoms with van der Waals surface area (Å²) in [6.45, 7) is 32.6. The number of esters is 2. The minimum absolute atomic E-state index is 0.279. The summed E-state index contributed by atoms with van der Waals surface area (Å²) in [6.07, 6.45) is 0. The van der Waals surface area contributed by atoms with Gasteiger partial charge in [-0.15, -0.1) is 0 Å². The minimum atomic E-state index is -0.394. The Balaban J connectivity index is 0. The Hall–Kier alpha value is -6.22. The van der Waals surface area contributed by atoms with Crippen LogP contribution in [0.2, 0.25) is 0 Å². The summed E-state index contributed by atoms with van der Waals surface area (Å²) in [5, 5.41) is 0. The highest BCUT2D eigenvalue weighted by molar-refractivity contribution is 5.91. The Morgan fingerprint density at radius 3 is 0.859 bits per heavy atom. The molecule has 0 radical (unpaired) electrons. The van der Waals surface area contributed by atoms with Gasteiger partial charge in [-0.2, -0.15) is 9.78 Å². The van der Waals surface area contributed by atoms with Crippen molar-refractivity contribution in [2.75, 3.05) is 0 Å². The van der Waals surface area contributed by atoms with Gasteiger partial charge < -0.3 is 19.2 Å². The molecular formula is C56H76O8. The molecule has 6 rings (SSSR count). The Morgan fingerprint density at radius 2 is 0.531 bits per heavy atom. The lowest BCUT2D eigenvalue weighted by molar-refractivity contribution is -0.217. The van der Waals surface area contributed by atoms with E-state index in [0.717, 1.165) is 27.8 Å². The first-order chi connectivity index (χ1) is 31.2. The van der Waals surface area contributed by atoms with Gasteiger partial charge in [-0.1, -0.05) is 178 Å². The summed E-state index contributed by atoms with van der Waals surface area (Å²) in [5.74, 6) is 1.37. The molecule has 0 amide bonds. The lowest BCUT2D eigenvalue weighted by Gasteiger charge is -2.07. The van der Waals surface area contributed by atoms with E-state index in [9.17, 15) is 9.59 Å². The van der Waals surface area contributed by atoms with Gasteiger partial charge in [0, 0.05) is 0 Å². The van der Waals surface area contributed by atoms with E-state index in [0.29, 0.717) is 40.7 Å². The van der Waals surface area contributed by atoms with E-state index < -0.39 is 11.9 Å². The molecule has 0 heterocycles. The van der Waals surface area contributed by atoms with Gasteiger partial charge in [0.2, 0.25) is 0 Å². The maximum atomic E-state index is 12.2. The smallest absolute Gasteiger partial charge is 0.343 e. The molecule has 6 aromatic carbocycles. The molecule has 0 saturated carbocycles. The minimum Gasteiger partial charge on any atom is -0.423 e. The van der Waals surface area contributed by atoms with Crippen molar-refractivity contribution >= 4 is 11.9 Å². The van der Waals surface area contributed by atoms with E-state index in [2.05, 4.69) is 0 Å². The average molecular weight is 877 g/mol. The number of hydrogen-bond acceptors (Lipinski definition) is 8. The van der Waals surface area contributed by atoms with Crippen LogP contribution in [0.1, 0.15) is 137 Å². The van der Waals surface area contributed by atoms with Crippen LogP contribution >= 0.6 is 0 Å². The van der Waals surface area contributed by atoms with Crippen LogP contribution in [0.4, 0.5) is 0 Å². The zero-order valence-corrected chi connectivity index (χ0v) is 41.5. The molecule has 348 valence electrons. The molecule has 0 unspecified atom stereocenters. The first-order valence-electron chi connectivity index (χ1n) is 22.7. The standard InChI is InChI=1S/2C22H20O4.6C2H6/c1-16-3-11-20(12-4-16)25-22(23)19-9-7-18(8-10-19)15-24-26-21-13-5-17(2)6-14-21;1-16-3-7-18(8-4-16)15-24-26-21-13-11-20(12-14-21)25-22(23)19-9-5-17(2)6-10-19;6*1-2/h2*3-14H,15H2,1-2H3;6*1-2H3. The summed E-state index contributed by atoms with van der Waals surface area (Å²) < 4.78 is 10.7. The van der Waals surface area contributed by atoms with Crippen molar-refractivity contribution in [3.8, 4) is 23.0 Å². The quantitative estimate of drug-likeness (QED) is 0.0520. The van der Waals surface area contributed by atoms with Crippen LogP contribution in [0.15, 0.2) is 146 Å². The van der Waals surface area contributed by atoms with Gasteiger partial charge in [-0.25, -0.2) is 9.59 Å². The van der Waals surface area contributed by atoms with Gasteiger partial charge in [0.25, 0.3) is 0 Å². The molecule has 0 aromatic heterocycles. The van der Waals surface area contributed by atoms with Gasteiger partial charge in [0.1, 0.15) is 24.7 Å². The number of hydrogen-bond donors (Lipinski definition) is 0. The maximum Gasteiger partial charge on any atom is 0.343 e. The summed E-state index contributed by atoms with van der Waals surface area (Å²) in [6, 6.07) is 44.0. The molecule has 0 atom stereocenters. The number of benzene rings is 6. The summed E-state index contributed by atoms with van der Waals surface area (Å²) in [5.41, 5.74) is 7.47. The van der Waals surface area contributed by atoms with E-state index in [-0.39, 0.29) is 6.61 Å². The van der Waals surface area contributed by atoms with Crippen LogP contribution in [-0.2, 0) is 23.0 Å². The number of rotatable bonds is 12. The fourth-order valence-corrected chi connectivity index (χ4v) is 4.54. The van der Waals surface area contributed by atoms with Crippen molar-refractivity contribution in [3.63, 3.8) is 0 Å². The third kappa shape index (κ3) is 25.0. The zero-order chi connectivity index (χ0) is 48.7. The van der Waals surface area contributed by atoms with Crippen LogP contribution in [-0.4, -0.2) is 11.9 Å². The largest absolute Gasteiger partial charge is 0.423 e. The number of carbonyl (C=O) groups is 2. The van der Waals surface area contributed by atoms with Crippen molar-refractivity contribution in [2.24, 2.45) is 0 Å². The highest BCUT2D eigenvalue weighted by Crippen LogP contribution is 2.20. The van der Waals surface area contributed by atoms with E-state index >= 15 is 0 Å². The lowest BCUT2D eigenvalue weighted by Crippen LogP contribution is -2.08. The molecule has 0 bridgehead atoms. The molecule has 0 spiro atoms. The Labute approximate surface area is 386 Å². The molecule has 0 aliphatic rings. The SMILES string of the molecule is CC.CC.CC.CC.CC.CC.Cc1ccc(COOc2ccc(OC(=O)c3ccc(C)cc3)cc2)cc1.Cc1ccc(OOCc2ccc(C(=O)Oc3ccc(C)cc3)cc2)cc1. The first-order valence-corrected chi connectivity index (χ1v) is 22.7. The molecule has 0 saturated heterocycles. The van der Waals surface area contributed by atoms with Gasteiger partial charge >= 0.3 is 11.9 Å². The lowest BCUT2D eigenvalue weighted by atomic mass is 10.1. The molecule has 0 aliphatic heterocycles. The van der Waals surface area contributed by atoms with Gasteiger partial charge in [0.05, 0.1) is 11.1 Å². The Bertz CT molecular complexity index is 2000. The molecule has 0 fully saturated rings. The van der Waals surface area contributed by atoms with Crippen molar-refractivity contribution in [3.05, 3.63) is 190 Å². The van der Waals surface area contributed by atoms with Gasteiger partial charge in [-0.05, 0) is 112 Å². The van der Waals surface area contributed by atoms with Crippen LogP contribution in [0.25, 0.3) is 0 Å². The first kappa shape index (κ1) is 59.9. The fraction of sp³-hybridized carbons (Fsp3) is 0.321. The monoisotopic (exact) mass is 877 g/mol. The van der Waals surface area contributed by atoms with Crippen LogP contribution < -0.4 is 19.2 Å². The van der Waals surface area contributed by atoms with Gasteiger partial charge in [-0.3, -0.25) is 0 Å². The summed E-state index contributed by atoms with van der Waals surface area (Å²) >= 11 is 0. The summed E-state index contributed by atoms with van der Waals surface area (Å²) in [4.78, 5) is 45.2. The van der Waals surface area contributed by atoms with Crippen LogP contribution in [0.5, 0.6) is 23.0 Å². The molecule has 0 aliphatic carbocycles. The highest BCUT2D eigenvalue weighted by atomic mass is 17.2. The number of aryl methyl sites for hydroxylation is 4. The predicted octanol–water partition coefficient (Wildman–Crippen LogP) is 16.2. The number of ether oxygens (including phenoxy) is 2. The molecule has 0 N–H and O–H groups in total.